The van der Waals surface area contributed by atoms with Crippen LogP contribution in [0.25, 0.3) is 22.4 Å². The van der Waals surface area contributed by atoms with Crippen molar-refractivity contribution in [1.29, 1.82) is 0 Å². The van der Waals surface area contributed by atoms with Crippen LogP contribution < -0.4 is 10.3 Å². The van der Waals surface area contributed by atoms with Gasteiger partial charge in [-0.2, -0.15) is 0 Å². The van der Waals surface area contributed by atoms with E-state index in [4.69, 9.17) is 21.1 Å². The van der Waals surface area contributed by atoms with Crippen molar-refractivity contribution >= 4 is 28.7 Å². The Morgan fingerprint density at radius 1 is 1.12 bits per heavy atom. The summed E-state index contributed by atoms with van der Waals surface area (Å²) in [6, 6.07) is 15.7. The number of carbonyl (C=O) groups is 1. The van der Waals surface area contributed by atoms with Crippen molar-refractivity contribution in [2.24, 2.45) is 0 Å². The molecule has 0 spiro atoms. The Balaban J connectivity index is 1.24. The van der Waals surface area contributed by atoms with Crippen molar-refractivity contribution in [3.63, 3.8) is 0 Å². The highest BCUT2D eigenvalue weighted by Crippen LogP contribution is 2.23. The number of aromatic carboxylic acids is 1. The number of nitrogens with zero attached hydrogens (tertiary/aromatic N) is 5. The Labute approximate surface area is 237 Å². The summed E-state index contributed by atoms with van der Waals surface area (Å²) >= 11 is 5.81. The van der Waals surface area contributed by atoms with Crippen LogP contribution in [0.4, 0.5) is 4.39 Å². The molecule has 12 heteroatoms. The predicted octanol–water partition coefficient (Wildman–Crippen LogP) is 4.56. The monoisotopic (exact) mass is 575 g/mol. The zero-order chi connectivity index (χ0) is 28.5. The highest BCUT2D eigenvalue weighted by atomic mass is 35.5. The summed E-state index contributed by atoms with van der Waals surface area (Å²) in [6.45, 7) is 1.23. The van der Waals surface area contributed by atoms with Crippen LogP contribution >= 0.6 is 11.6 Å². The molecule has 1 unspecified atom stereocenters. The van der Waals surface area contributed by atoms with E-state index in [0.29, 0.717) is 52.0 Å². The molecule has 4 aromatic heterocycles. The fraction of sp³-hybridized carbons (Fsp3) is 0.207. The van der Waals surface area contributed by atoms with Gasteiger partial charge in [-0.05, 0) is 42.8 Å². The van der Waals surface area contributed by atoms with Gasteiger partial charge in [0.2, 0.25) is 5.88 Å². The van der Waals surface area contributed by atoms with Gasteiger partial charge in [0.15, 0.2) is 11.3 Å². The van der Waals surface area contributed by atoms with Crippen molar-refractivity contribution in [1.82, 2.24) is 24.1 Å². The minimum atomic E-state index is -1.13. The van der Waals surface area contributed by atoms with E-state index in [9.17, 15) is 19.1 Å². The van der Waals surface area contributed by atoms with E-state index in [0.717, 1.165) is 6.42 Å². The Kier molecular flexibility index (Phi) is 7.21. The third-order valence-electron chi connectivity index (χ3n) is 6.79. The van der Waals surface area contributed by atoms with Crippen LogP contribution in [0.5, 0.6) is 5.88 Å². The lowest BCUT2D eigenvalue weighted by Gasteiger charge is -2.27. The van der Waals surface area contributed by atoms with Crippen LogP contribution in [0.3, 0.4) is 0 Å². The molecule has 1 atom stereocenters. The van der Waals surface area contributed by atoms with Crippen molar-refractivity contribution < 1.29 is 23.8 Å². The van der Waals surface area contributed by atoms with Gasteiger partial charge >= 0.3 is 5.97 Å². The van der Waals surface area contributed by atoms with Gasteiger partial charge in [0.05, 0.1) is 24.9 Å². The number of carboxylic acids is 1. The Bertz CT molecular complexity index is 1830. The Morgan fingerprint density at radius 3 is 2.71 bits per heavy atom. The molecule has 1 aliphatic heterocycles. The van der Waals surface area contributed by atoms with Gasteiger partial charge in [0.1, 0.15) is 23.8 Å². The van der Waals surface area contributed by atoms with Crippen LogP contribution in [0.1, 0.15) is 28.3 Å². The van der Waals surface area contributed by atoms with E-state index in [1.807, 2.05) is 4.57 Å². The van der Waals surface area contributed by atoms with Crippen molar-refractivity contribution in [3.05, 3.63) is 105 Å². The summed E-state index contributed by atoms with van der Waals surface area (Å²) in [5.41, 5.74) is 2.04. The molecule has 0 saturated carbocycles. The van der Waals surface area contributed by atoms with E-state index in [-0.39, 0.29) is 36.4 Å². The molecule has 1 aromatic carbocycles. The lowest BCUT2D eigenvalue weighted by Crippen LogP contribution is -2.32. The molecule has 1 saturated heterocycles. The smallest absolute Gasteiger partial charge is 0.354 e. The zero-order valence-corrected chi connectivity index (χ0v) is 22.3. The zero-order valence-electron chi connectivity index (χ0n) is 21.5. The van der Waals surface area contributed by atoms with Gasteiger partial charge in [-0.25, -0.2) is 24.1 Å². The first-order valence-corrected chi connectivity index (χ1v) is 13.2. The van der Waals surface area contributed by atoms with Crippen LogP contribution in [-0.4, -0.2) is 47.9 Å². The lowest BCUT2D eigenvalue weighted by atomic mass is 10.2. The van der Waals surface area contributed by atoms with Crippen LogP contribution in [0.15, 0.2) is 71.7 Å². The van der Waals surface area contributed by atoms with Gasteiger partial charge in [-0.15, -0.1) is 0 Å². The molecule has 5 aromatic rings. The van der Waals surface area contributed by atoms with Gasteiger partial charge < -0.3 is 23.7 Å². The summed E-state index contributed by atoms with van der Waals surface area (Å²) < 4.78 is 28.7. The average molecular weight is 576 g/mol. The number of hydrogen-bond donors (Lipinski definition) is 1. The fourth-order valence-electron chi connectivity index (χ4n) is 4.51. The number of aromatic nitrogens is 5. The first kappa shape index (κ1) is 26.6. The lowest BCUT2D eigenvalue weighted by molar-refractivity contribution is -0.0591. The Hall–Kier alpha value is -4.61. The quantitative estimate of drug-likeness (QED) is 0.271. The van der Waals surface area contributed by atoms with E-state index in [1.165, 1.54) is 22.8 Å². The maximum Gasteiger partial charge on any atom is 0.354 e. The number of rotatable bonds is 9. The number of fused-ring (bicyclic) bond motifs is 1. The molecular formula is C29H23ClFN5O5. The standard InChI is InChI=1S/C29H23ClFN5O5/c30-19-5-4-18(21(31)13-19)16-41-26-3-1-2-22(33-26)17-8-10-35(27(37)12-17)15-25-32-23-6-7-24(29(38)39)34-28(23)36(25)14-20-9-11-40-20/h1-8,10,12-13,20H,9,11,14-16H2,(H,38,39). The van der Waals surface area contributed by atoms with Crippen LogP contribution in [0, 0.1) is 5.82 Å². The molecule has 208 valence electrons. The predicted molar refractivity (Wildman–Crippen MR) is 148 cm³/mol. The molecule has 1 fully saturated rings. The van der Waals surface area contributed by atoms with E-state index >= 15 is 0 Å². The number of benzene rings is 1. The van der Waals surface area contributed by atoms with Crippen molar-refractivity contribution in [2.75, 3.05) is 6.61 Å². The maximum atomic E-state index is 14.1. The third-order valence-corrected chi connectivity index (χ3v) is 7.02. The number of hydrogen-bond acceptors (Lipinski definition) is 7. The first-order chi connectivity index (χ1) is 19.8. The number of carboxylic acid groups (broad SMARTS) is 1. The Morgan fingerprint density at radius 2 is 1.98 bits per heavy atom. The fourth-order valence-corrected chi connectivity index (χ4v) is 4.67. The average Bonchev–Trinajstić information content (AvgIpc) is 3.27. The molecule has 41 heavy (non-hydrogen) atoms. The maximum absolute atomic E-state index is 14.1. The molecule has 0 aliphatic carbocycles. The molecule has 0 bridgehead atoms. The van der Waals surface area contributed by atoms with E-state index in [1.54, 1.807) is 48.7 Å². The molecule has 10 nitrogen and oxygen atoms in total. The summed E-state index contributed by atoms with van der Waals surface area (Å²) in [6.07, 6.45) is 2.49. The molecule has 1 N–H and O–H groups in total. The molecular weight excluding hydrogens is 553 g/mol. The van der Waals surface area contributed by atoms with Crippen molar-refractivity contribution in [3.8, 4) is 17.1 Å². The summed E-state index contributed by atoms with van der Waals surface area (Å²) in [5, 5.41) is 9.70. The molecule has 6 rings (SSSR count). The van der Waals surface area contributed by atoms with E-state index < -0.39 is 11.8 Å². The largest absolute Gasteiger partial charge is 0.477 e. The van der Waals surface area contributed by atoms with Gasteiger partial charge in [-0.3, -0.25) is 4.79 Å². The minimum absolute atomic E-state index is 0.0303. The molecule has 5 heterocycles. The van der Waals surface area contributed by atoms with Crippen LogP contribution in [0.2, 0.25) is 5.02 Å². The topological polar surface area (TPSA) is 121 Å². The molecule has 0 amide bonds. The van der Waals surface area contributed by atoms with Crippen molar-refractivity contribution in [2.45, 2.75) is 32.2 Å². The summed E-state index contributed by atoms with van der Waals surface area (Å²) in [7, 11) is 0. The first-order valence-electron chi connectivity index (χ1n) is 12.8. The van der Waals surface area contributed by atoms with E-state index in [2.05, 4.69) is 15.0 Å². The number of halogens is 2. The van der Waals surface area contributed by atoms with Crippen LogP contribution in [-0.2, 0) is 24.4 Å². The second kappa shape index (κ2) is 11.1. The second-order valence-electron chi connectivity index (χ2n) is 9.53. The SMILES string of the molecule is O=C(O)c1ccc2nc(Cn3ccc(-c4cccc(OCc5ccc(Cl)cc5F)n4)cc3=O)n(CC3CCO3)c2n1. The number of imidazole rings is 1. The molecule has 1 aliphatic rings. The number of pyridine rings is 3. The summed E-state index contributed by atoms with van der Waals surface area (Å²) in [5.74, 6) is -0.762. The summed E-state index contributed by atoms with van der Waals surface area (Å²) in [4.78, 5) is 38.0. The normalized spacial score (nSPS) is 14.6. The third kappa shape index (κ3) is 5.67. The molecule has 0 radical (unpaired) electrons. The van der Waals surface area contributed by atoms with Gasteiger partial charge in [-0.1, -0.05) is 23.7 Å². The highest BCUT2D eigenvalue weighted by Gasteiger charge is 2.23. The minimum Gasteiger partial charge on any atom is -0.477 e. The second-order valence-corrected chi connectivity index (χ2v) is 9.97. The highest BCUT2D eigenvalue weighted by molar-refractivity contribution is 6.30. The van der Waals surface area contributed by atoms with Gasteiger partial charge in [0.25, 0.3) is 5.56 Å². The van der Waals surface area contributed by atoms with Gasteiger partial charge in [0, 0.05) is 41.1 Å². The number of ether oxygens (including phenoxy) is 2.